The van der Waals surface area contributed by atoms with Crippen LogP contribution in [0.5, 0.6) is 5.75 Å². The maximum Gasteiger partial charge on any atom is 0.228 e. The van der Waals surface area contributed by atoms with Crippen LogP contribution in [0.4, 0.5) is 5.82 Å². The summed E-state index contributed by atoms with van der Waals surface area (Å²) in [5.41, 5.74) is 3.14. The first-order chi connectivity index (χ1) is 15.4. The summed E-state index contributed by atoms with van der Waals surface area (Å²) in [7, 11) is 2.03. The number of pyridine rings is 2. The highest BCUT2D eigenvalue weighted by molar-refractivity contribution is 5.93. The van der Waals surface area contributed by atoms with Gasteiger partial charge >= 0.3 is 0 Å². The highest BCUT2D eigenvalue weighted by Gasteiger charge is 2.38. The number of nitrogens with zero attached hydrogens (tertiary/aromatic N) is 5. The van der Waals surface area contributed by atoms with Crippen LogP contribution in [-0.2, 0) is 4.79 Å². The molecule has 1 N–H and O–H groups in total. The molecule has 1 aliphatic carbocycles. The second-order valence-corrected chi connectivity index (χ2v) is 9.07. The average molecular weight is 431 g/mol. The fraction of sp³-hybridized carbons (Fsp3) is 0.417. The molecule has 32 heavy (non-hydrogen) atoms. The van der Waals surface area contributed by atoms with Crippen molar-refractivity contribution in [2.45, 2.75) is 26.2 Å². The highest BCUT2D eigenvalue weighted by Crippen LogP contribution is 2.35. The van der Waals surface area contributed by atoms with Crippen LogP contribution in [0, 0.1) is 29.6 Å². The Hall–Kier alpha value is -3.44. The lowest BCUT2D eigenvalue weighted by atomic mass is 9.90. The molecule has 4 heterocycles. The summed E-state index contributed by atoms with van der Waals surface area (Å²) in [6.45, 7) is 3.87. The van der Waals surface area contributed by atoms with Gasteiger partial charge in [0, 0.05) is 36.0 Å². The van der Waals surface area contributed by atoms with Gasteiger partial charge in [0.1, 0.15) is 17.8 Å². The van der Waals surface area contributed by atoms with E-state index in [4.69, 9.17) is 4.74 Å². The van der Waals surface area contributed by atoms with Crippen LogP contribution < -0.4 is 10.1 Å². The molecule has 3 aromatic rings. The molecule has 3 aromatic heterocycles. The summed E-state index contributed by atoms with van der Waals surface area (Å²) in [6, 6.07) is 10.3. The minimum Gasteiger partial charge on any atom is -0.490 e. The number of fused-ring (bicyclic) bond motifs is 1. The first kappa shape index (κ1) is 20.5. The summed E-state index contributed by atoms with van der Waals surface area (Å²) in [5, 5.41) is 17.1. The molecule has 0 bridgehead atoms. The number of nitriles is 1. The Balaban J connectivity index is 1.41. The number of aromatic nitrogens is 3. The van der Waals surface area contributed by atoms with Crippen molar-refractivity contribution in [1.29, 1.82) is 5.26 Å². The fourth-order valence-electron chi connectivity index (χ4n) is 4.22. The number of hydrogen-bond acceptors (Lipinski definition) is 6. The molecule has 5 rings (SSSR count). The number of ether oxygens (including phenoxy) is 1. The van der Waals surface area contributed by atoms with Crippen LogP contribution in [0.1, 0.15) is 25.0 Å². The molecule has 0 radical (unpaired) electrons. The van der Waals surface area contributed by atoms with Crippen molar-refractivity contribution >= 4 is 17.2 Å². The lowest BCUT2D eigenvalue weighted by Gasteiger charge is -2.22. The molecule has 8 heteroatoms. The van der Waals surface area contributed by atoms with Crippen molar-refractivity contribution in [2.24, 2.45) is 11.3 Å². The Labute approximate surface area is 186 Å². The van der Waals surface area contributed by atoms with Gasteiger partial charge < -0.3 is 15.0 Å². The Morgan fingerprint density at radius 2 is 2.22 bits per heavy atom. The highest BCUT2D eigenvalue weighted by atomic mass is 16.5. The van der Waals surface area contributed by atoms with Gasteiger partial charge in [0.2, 0.25) is 5.91 Å². The minimum atomic E-state index is -0.499. The quantitative estimate of drug-likeness (QED) is 0.645. The maximum absolute atomic E-state index is 12.1. The summed E-state index contributed by atoms with van der Waals surface area (Å²) in [5.74, 6) is 1.39. The monoisotopic (exact) mass is 430 g/mol. The van der Waals surface area contributed by atoms with E-state index >= 15 is 0 Å². The largest absolute Gasteiger partial charge is 0.490 e. The zero-order valence-corrected chi connectivity index (χ0v) is 18.3. The van der Waals surface area contributed by atoms with Crippen molar-refractivity contribution < 1.29 is 9.53 Å². The van der Waals surface area contributed by atoms with Gasteiger partial charge in [-0.2, -0.15) is 10.4 Å². The summed E-state index contributed by atoms with van der Waals surface area (Å²) >= 11 is 0. The summed E-state index contributed by atoms with van der Waals surface area (Å²) in [4.78, 5) is 18.6. The van der Waals surface area contributed by atoms with E-state index < -0.39 is 5.41 Å². The number of anilines is 1. The number of carbonyl (C=O) groups excluding carboxylic acids is 1. The first-order valence-electron chi connectivity index (χ1n) is 10.9. The van der Waals surface area contributed by atoms with Crippen molar-refractivity contribution in [3.8, 4) is 22.9 Å². The van der Waals surface area contributed by atoms with Gasteiger partial charge in [-0.15, -0.1) is 0 Å². The fourth-order valence-corrected chi connectivity index (χ4v) is 4.22. The van der Waals surface area contributed by atoms with E-state index in [-0.39, 0.29) is 11.8 Å². The van der Waals surface area contributed by atoms with Crippen molar-refractivity contribution in [3.05, 3.63) is 42.4 Å². The molecule has 1 saturated heterocycles. The topological polar surface area (TPSA) is 95.5 Å². The van der Waals surface area contributed by atoms with Crippen LogP contribution in [0.25, 0.3) is 16.6 Å². The zero-order chi connectivity index (χ0) is 22.3. The van der Waals surface area contributed by atoms with Crippen molar-refractivity contribution in [1.82, 2.24) is 19.5 Å². The van der Waals surface area contributed by atoms with E-state index in [1.807, 2.05) is 44.4 Å². The first-order valence-corrected chi connectivity index (χ1v) is 10.9. The average Bonchev–Trinajstić information content (AvgIpc) is 3.46. The molecule has 2 fully saturated rings. The molecule has 2 aliphatic rings. The number of amides is 1. The molecule has 1 atom stereocenters. The van der Waals surface area contributed by atoms with Crippen LogP contribution in [0.2, 0.25) is 0 Å². The van der Waals surface area contributed by atoms with Gasteiger partial charge in [0.05, 0.1) is 17.8 Å². The van der Waals surface area contributed by atoms with Crippen LogP contribution in [0.3, 0.4) is 0 Å². The maximum atomic E-state index is 12.1. The number of hydrogen-bond donors (Lipinski definition) is 1. The van der Waals surface area contributed by atoms with Gasteiger partial charge in [0.15, 0.2) is 5.82 Å². The molecule has 1 unspecified atom stereocenters. The standard InChI is InChI=1S/C24H26N6O2/c1-16-9-20(21(12-26-16)32-15-24(13-25)6-8-29(2)14-24)18-5-7-30-19(10-18)11-22(28-30)27-23(31)17-3-4-17/h5,7,9-12,17H,3-4,6,8,14-15H2,1-2H3,(H,27,28,31). The van der Waals surface area contributed by atoms with Gasteiger partial charge in [-0.3, -0.25) is 9.78 Å². The van der Waals surface area contributed by atoms with Crippen molar-refractivity contribution in [3.63, 3.8) is 0 Å². The number of likely N-dealkylation sites (tertiary alicyclic amines) is 1. The van der Waals surface area contributed by atoms with Crippen LogP contribution in [0.15, 0.2) is 36.7 Å². The molecular formula is C24H26N6O2. The molecule has 1 amide bonds. The molecule has 8 nitrogen and oxygen atoms in total. The lowest BCUT2D eigenvalue weighted by Crippen LogP contribution is -2.30. The number of rotatable bonds is 6. The van der Waals surface area contributed by atoms with Crippen LogP contribution in [-0.4, -0.2) is 52.1 Å². The minimum absolute atomic E-state index is 0.0399. The molecule has 1 saturated carbocycles. The smallest absolute Gasteiger partial charge is 0.228 e. The second kappa shape index (κ2) is 7.92. The van der Waals surface area contributed by atoms with E-state index in [2.05, 4.69) is 26.4 Å². The molecule has 0 aromatic carbocycles. The predicted octanol–water partition coefficient (Wildman–Crippen LogP) is 3.28. The van der Waals surface area contributed by atoms with E-state index in [0.29, 0.717) is 24.7 Å². The molecule has 1 aliphatic heterocycles. The third-order valence-corrected chi connectivity index (χ3v) is 6.26. The van der Waals surface area contributed by atoms with E-state index in [9.17, 15) is 10.1 Å². The third-order valence-electron chi connectivity index (χ3n) is 6.26. The molecular weight excluding hydrogens is 404 g/mol. The Kier molecular flexibility index (Phi) is 5.06. The summed E-state index contributed by atoms with van der Waals surface area (Å²) < 4.78 is 7.93. The third kappa shape index (κ3) is 4.04. The van der Waals surface area contributed by atoms with Gasteiger partial charge in [-0.25, -0.2) is 4.52 Å². The number of aryl methyl sites for hydroxylation is 1. The number of carbonyl (C=O) groups is 1. The Morgan fingerprint density at radius 3 is 2.94 bits per heavy atom. The van der Waals surface area contributed by atoms with E-state index in [1.54, 1.807) is 10.7 Å². The normalized spacial score (nSPS) is 20.9. The van der Waals surface area contributed by atoms with Gasteiger partial charge in [0.25, 0.3) is 0 Å². The van der Waals surface area contributed by atoms with Gasteiger partial charge in [-0.1, -0.05) is 0 Å². The van der Waals surface area contributed by atoms with E-state index in [0.717, 1.165) is 48.1 Å². The van der Waals surface area contributed by atoms with Crippen LogP contribution >= 0.6 is 0 Å². The Morgan fingerprint density at radius 1 is 1.38 bits per heavy atom. The van der Waals surface area contributed by atoms with Gasteiger partial charge in [-0.05, 0) is 63.5 Å². The SMILES string of the molecule is Cc1cc(-c2ccn3nc(NC(=O)C4CC4)cc3c2)c(OCC2(C#N)CCN(C)C2)cn1. The molecule has 164 valence electrons. The number of nitrogens with one attached hydrogen (secondary N) is 1. The predicted molar refractivity (Wildman–Crippen MR) is 120 cm³/mol. The summed E-state index contributed by atoms with van der Waals surface area (Å²) in [6.07, 6.45) is 6.32. The van der Waals surface area contributed by atoms with E-state index in [1.165, 1.54) is 0 Å². The second-order valence-electron chi connectivity index (χ2n) is 9.07. The molecule has 0 spiro atoms. The lowest BCUT2D eigenvalue weighted by molar-refractivity contribution is -0.117. The zero-order valence-electron chi connectivity index (χ0n) is 18.3. The Bertz CT molecular complexity index is 1220. The van der Waals surface area contributed by atoms with Crippen molar-refractivity contribution in [2.75, 3.05) is 32.1 Å².